The minimum atomic E-state index is -0.324. The first kappa shape index (κ1) is 24.8. The second kappa shape index (κ2) is 11.0. The van der Waals surface area contributed by atoms with Gasteiger partial charge < -0.3 is 14.6 Å². The molecule has 1 heterocycles. The van der Waals surface area contributed by atoms with Crippen LogP contribution < -0.4 is 10.1 Å². The summed E-state index contributed by atoms with van der Waals surface area (Å²) in [6.07, 6.45) is 0.237. The molecule has 1 N–H and O–H groups in total. The van der Waals surface area contributed by atoms with E-state index in [1.165, 1.54) is 0 Å². The highest BCUT2D eigenvalue weighted by atomic mass is 35.5. The number of rotatable bonds is 8. The number of hydrogen-bond acceptors (Lipinski definition) is 4. The van der Waals surface area contributed by atoms with Crippen molar-refractivity contribution in [2.45, 2.75) is 39.8 Å². The Labute approximate surface area is 215 Å². The average molecular weight is 509 g/mol. The van der Waals surface area contributed by atoms with Gasteiger partial charge in [-0.05, 0) is 79.4 Å². The molecule has 5 nitrogen and oxygen atoms in total. The van der Waals surface area contributed by atoms with Crippen molar-refractivity contribution in [2.75, 3.05) is 0 Å². The SMILES string of the molecule is Cc1cc(Cl)ccc1[C@H](NC(=O)Cc1ccc(OCc2c(C)noc2C)cc1)c1ccc(Cl)cc1. The number of nitrogens with one attached hydrogen (secondary N) is 1. The van der Waals surface area contributed by atoms with Gasteiger partial charge in [0.05, 0.1) is 23.7 Å². The van der Waals surface area contributed by atoms with E-state index in [1.807, 2.05) is 87.5 Å². The third-order valence-corrected chi connectivity index (χ3v) is 6.39. The smallest absolute Gasteiger partial charge is 0.225 e. The number of ether oxygens (including phenoxy) is 1. The van der Waals surface area contributed by atoms with Gasteiger partial charge in [-0.25, -0.2) is 0 Å². The van der Waals surface area contributed by atoms with Crippen molar-refractivity contribution in [1.82, 2.24) is 10.5 Å². The second-order valence-corrected chi connectivity index (χ2v) is 9.34. The number of carbonyl (C=O) groups is 1. The highest BCUT2D eigenvalue weighted by Gasteiger charge is 2.19. The maximum absolute atomic E-state index is 13.0. The Bertz CT molecular complexity index is 1300. The Morgan fingerprint density at radius 3 is 2.29 bits per heavy atom. The zero-order chi connectivity index (χ0) is 24.9. The van der Waals surface area contributed by atoms with Gasteiger partial charge in [0.15, 0.2) is 0 Å². The van der Waals surface area contributed by atoms with Gasteiger partial charge in [0.2, 0.25) is 5.91 Å². The lowest BCUT2D eigenvalue weighted by molar-refractivity contribution is -0.120. The molecule has 3 aromatic carbocycles. The Hall–Kier alpha value is -3.28. The van der Waals surface area contributed by atoms with Crippen LogP contribution in [-0.2, 0) is 17.8 Å². The largest absolute Gasteiger partial charge is 0.489 e. The lowest BCUT2D eigenvalue weighted by atomic mass is 9.94. The van der Waals surface area contributed by atoms with Crippen LogP contribution in [0, 0.1) is 20.8 Å². The molecule has 7 heteroatoms. The molecule has 1 aromatic heterocycles. The molecule has 0 fully saturated rings. The van der Waals surface area contributed by atoms with Gasteiger partial charge in [0, 0.05) is 10.0 Å². The van der Waals surface area contributed by atoms with E-state index in [1.54, 1.807) is 0 Å². The Morgan fingerprint density at radius 1 is 0.971 bits per heavy atom. The highest BCUT2D eigenvalue weighted by Crippen LogP contribution is 2.28. The van der Waals surface area contributed by atoms with Crippen LogP contribution in [0.3, 0.4) is 0 Å². The van der Waals surface area contributed by atoms with Gasteiger partial charge in [-0.1, -0.05) is 58.7 Å². The standard InChI is InChI=1S/C28H26Cl2N2O3/c1-17-14-23(30)10-13-25(17)28(21-6-8-22(29)9-7-21)31-27(33)15-20-4-11-24(12-5-20)34-16-26-18(2)32-35-19(26)3/h4-14,28H,15-16H2,1-3H3,(H,31,33)/t28-/m1/s1. The molecule has 180 valence electrons. The Balaban J connectivity index is 1.45. The molecule has 0 bridgehead atoms. The van der Waals surface area contributed by atoms with E-state index in [2.05, 4.69) is 10.5 Å². The van der Waals surface area contributed by atoms with Gasteiger partial charge in [-0.2, -0.15) is 0 Å². The summed E-state index contributed by atoms with van der Waals surface area (Å²) in [7, 11) is 0. The van der Waals surface area contributed by atoms with Crippen molar-refractivity contribution in [3.63, 3.8) is 0 Å². The molecule has 4 aromatic rings. The van der Waals surface area contributed by atoms with Crippen LogP contribution in [0.25, 0.3) is 0 Å². The Morgan fingerprint density at radius 2 is 1.66 bits per heavy atom. The molecule has 4 rings (SSSR count). The predicted octanol–water partition coefficient (Wildman–Crippen LogP) is 6.93. The highest BCUT2D eigenvalue weighted by molar-refractivity contribution is 6.30. The summed E-state index contributed by atoms with van der Waals surface area (Å²) in [6.45, 7) is 6.12. The normalized spacial score (nSPS) is 11.8. The van der Waals surface area contributed by atoms with Crippen molar-refractivity contribution in [3.05, 3.63) is 116 Å². The van der Waals surface area contributed by atoms with E-state index in [4.69, 9.17) is 32.5 Å². The van der Waals surface area contributed by atoms with Gasteiger partial charge >= 0.3 is 0 Å². The summed E-state index contributed by atoms with van der Waals surface area (Å²) in [5.74, 6) is 1.37. The van der Waals surface area contributed by atoms with Crippen molar-refractivity contribution >= 4 is 29.1 Å². The van der Waals surface area contributed by atoms with Crippen molar-refractivity contribution in [2.24, 2.45) is 0 Å². The van der Waals surface area contributed by atoms with Crippen LogP contribution >= 0.6 is 23.2 Å². The van der Waals surface area contributed by atoms with E-state index >= 15 is 0 Å². The topological polar surface area (TPSA) is 64.4 Å². The molecule has 1 amide bonds. The molecule has 0 saturated carbocycles. The van der Waals surface area contributed by atoms with Gasteiger partial charge in [-0.15, -0.1) is 0 Å². The van der Waals surface area contributed by atoms with Crippen LogP contribution in [0.1, 0.15) is 45.3 Å². The number of amides is 1. The summed E-state index contributed by atoms with van der Waals surface area (Å²) in [5.41, 5.74) is 5.57. The number of aryl methyl sites for hydroxylation is 3. The molecule has 0 spiro atoms. The second-order valence-electron chi connectivity index (χ2n) is 8.47. The van der Waals surface area contributed by atoms with Crippen LogP contribution in [0.5, 0.6) is 5.75 Å². The minimum absolute atomic E-state index is 0.0938. The third-order valence-electron chi connectivity index (χ3n) is 5.90. The van der Waals surface area contributed by atoms with Crippen molar-refractivity contribution in [3.8, 4) is 5.75 Å². The summed E-state index contributed by atoms with van der Waals surface area (Å²) in [4.78, 5) is 13.0. The minimum Gasteiger partial charge on any atom is -0.489 e. The van der Waals surface area contributed by atoms with Crippen LogP contribution in [0.4, 0.5) is 0 Å². The van der Waals surface area contributed by atoms with Crippen LogP contribution in [0.15, 0.2) is 71.3 Å². The van der Waals surface area contributed by atoms with E-state index in [9.17, 15) is 4.79 Å². The van der Waals surface area contributed by atoms with Crippen LogP contribution in [-0.4, -0.2) is 11.1 Å². The first-order chi connectivity index (χ1) is 16.8. The van der Waals surface area contributed by atoms with Crippen molar-refractivity contribution in [1.29, 1.82) is 0 Å². The lowest BCUT2D eigenvalue weighted by Gasteiger charge is -2.22. The first-order valence-corrected chi connectivity index (χ1v) is 12.0. The zero-order valence-corrected chi connectivity index (χ0v) is 21.3. The quantitative estimate of drug-likeness (QED) is 0.280. The number of benzene rings is 3. The maximum atomic E-state index is 13.0. The van der Waals surface area contributed by atoms with Gasteiger partial charge in [0.25, 0.3) is 0 Å². The van der Waals surface area contributed by atoms with Gasteiger partial charge in [-0.3, -0.25) is 4.79 Å². The van der Waals surface area contributed by atoms with Crippen molar-refractivity contribution < 1.29 is 14.1 Å². The van der Waals surface area contributed by atoms with Crippen LogP contribution in [0.2, 0.25) is 10.0 Å². The summed E-state index contributed by atoms with van der Waals surface area (Å²) in [6, 6.07) is 20.4. The van der Waals surface area contributed by atoms with E-state index in [-0.39, 0.29) is 18.4 Å². The monoisotopic (exact) mass is 508 g/mol. The third kappa shape index (κ3) is 6.24. The van der Waals surface area contributed by atoms with E-state index in [0.717, 1.165) is 39.3 Å². The fourth-order valence-electron chi connectivity index (χ4n) is 3.92. The fraction of sp³-hybridized carbons (Fsp3) is 0.214. The predicted molar refractivity (Wildman–Crippen MR) is 138 cm³/mol. The Kier molecular flexibility index (Phi) is 7.79. The summed E-state index contributed by atoms with van der Waals surface area (Å²) < 4.78 is 11.0. The first-order valence-electron chi connectivity index (χ1n) is 11.2. The lowest BCUT2D eigenvalue weighted by Crippen LogP contribution is -2.31. The number of carbonyl (C=O) groups excluding carboxylic acids is 1. The number of aromatic nitrogens is 1. The molecule has 35 heavy (non-hydrogen) atoms. The maximum Gasteiger partial charge on any atom is 0.225 e. The molecule has 0 saturated heterocycles. The molecular weight excluding hydrogens is 483 g/mol. The molecule has 0 unspecified atom stereocenters. The summed E-state index contributed by atoms with van der Waals surface area (Å²) >= 11 is 12.2. The molecular formula is C28H26Cl2N2O3. The average Bonchev–Trinajstić information content (AvgIpc) is 3.15. The van der Waals surface area contributed by atoms with E-state index < -0.39 is 0 Å². The fourth-order valence-corrected chi connectivity index (χ4v) is 4.28. The number of halogens is 2. The van der Waals surface area contributed by atoms with Gasteiger partial charge in [0.1, 0.15) is 18.1 Å². The zero-order valence-electron chi connectivity index (χ0n) is 19.8. The number of hydrogen-bond donors (Lipinski definition) is 1. The molecule has 0 radical (unpaired) electrons. The molecule has 1 atom stereocenters. The molecule has 0 aliphatic heterocycles. The number of nitrogens with zero attached hydrogens (tertiary/aromatic N) is 1. The summed E-state index contributed by atoms with van der Waals surface area (Å²) in [5, 5.41) is 8.42. The molecule has 0 aliphatic carbocycles. The van der Waals surface area contributed by atoms with E-state index in [0.29, 0.717) is 22.4 Å². The molecule has 0 aliphatic rings.